The van der Waals surface area contributed by atoms with Crippen LogP contribution in [0.3, 0.4) is 0 Å². The minimum absolute atomic E-state index is 0.0491. The van der Waals surface area contributed by atoms with E-state index in [0.717, 1.165) is 36.4 Å². The highest BCUT2D eigenvalue weighted by Crippen LogP contribution is 2.41. The lowest BCUT2D eigenvalue weighted by Gasteiger charge is -2.09. The summed E-state index contributed by atoms with van der Waals surface area (Å²) in [5, 5.41) is 23.9. The van der Waals surface area contributed by atoms with E-state index in [1.807, 2.05) is 31.2 Å². The fourth-order valence-electron chi connectivity index (χ4n) is 3.83. The number of pyridine rings is 1. The Hall–Kier alpha value is -3.27. The predicted molar refractivity (Wildman–Crippen MR) is 121 cm³/mol. The molecule has 1 aliphatic rings. The summed E-state index contributed by atoms with van der Waals surface area (Å²) in [5.74, 6) is 1.08. The zero-order valence-corrected chi connectivity index (χ0v) is 18.6. The number of nitrogens with zero attached hydrogens (tertiary/aromatic N) is 5. The number of aromatic nitrogens is 5. The first kappa shape index (κ1) is 21.9. The van der Waals surface area contributed by atoms with E-state index in [0.29, 0.717) is 34.9 Å². The molecule has 32 heavy (non-hydrogen) atoms. The fraction of sp³-hybridized carbons (Fsp3) is 0.409. The summed E-state index contributed by atoms with van der Waals surface area (Å²) in [4.78, 5) is 27.8. The van der Waals surface area contributed by atoms with Gasteiger partial charge in [-0.25, -0.2) is 0 Å². The molecule has 0 radical (unpaired) electrons. The third kappa shape index (κ3) is 5.91. The summed E-state index contributed by atoms with van der Waals surface area (Å²) in [6.45, 7) is 1.81. The van der Waals surface area contributed by atoms with Gasteiger partial charge in [0.15, 0.2) is 5.82 Å². The molecule has 0 aromatic carbocycles. The molecule has 166 valence electrons. The van der Waals surface area contributed by atoms with Crippen LogP contribution in [-0.2, 0) is 22.4 Å². The van der Waals surface area contributed by atoms with Crippen molar-refractivity contribution >= 4 is 34.1 Å². The second-order valence-corrected chi connectivity index (χ2v) is 8.89. The highest BCUT2D eigenvalue weighted by molar-refractivity contribution is 7.15. The van der Waals surface area contributed by atoms with Crippen molar-refractivity contribution < 1.29 is 9.59 Å². The lowest BCUT2D eigenvalue weighted by atomic mass is 10.00. The Bertz CT molecular complexity index is 1060. The van der Waals surface area contributed by atoms with Gasteiger partial charge >= 0.3 is 0 Å². The minimum Gasteiger partial charge on any atom is -0.309 e. The molecule has 2 N–H and O–H groups in total. The molecule has 0 spiro atoms. The summed E-state index contributed by atoms with van der Waals surface area (Å²) < 4.78 is 0. The lowest BCUT2D eigenvalue weighted by Crippen LogP contribution is -2.16. The van der Waals surface area contributed by atoms with E-state index >= 15 is 0 Å². The second kappa shape index (κ2) is 10.4. The van der Waals surface area contributed by atoms with E-state index in [4.69, 9.17) is 0 Å². The van der Waals surface area contributed by atoms with Gasteiger partial charge in [-0.05, 0) is 55.9 Å². The largest absolute Gasteiger partial charge is 0.309 e. The number of rotatable bonds is 8. The Morgan fingerprint density at radius 3 is 2.66 bits per heavy atom. The lowest BCUT2D eigenvalue weighted by molar-refractivity contribution is -0.116. The molecule has 1 fully saturated rings. The quantitative estimate of drug-likeness (QED) is 0.538. The van der Waals surface area contributed by atoms with Gasteiger partial charge in [0.05, 0.1) is 12.1 Å². The van der Waals surface area contributed by atoms with Crippen LogP contribution in [0, 0.1) is 5.92 Å². The van der Waals surface area contributed by atoms with Crippen molar-refractivity contribution in [2.45, 2.75) is 51.4 Å². The molecule has 0 saturated heterocycles. The van der Waals surface area contributed by atoms with Crippen molar-refractivity contribution in [2.24, 2.45) is 5.92 Å². The number of carbonyl (C=O) groups excluding carboxylic acids is 2. The Morgan fingerprint density at radius 2 is 1.91 bits per heavy atom. The smallest absolute Gasteiger partial charge is 0.231 e. The van der Waals surface area contributed by atoms with Crippen LogP contribution in [0.4, 0.5) is 10.9 Å². The zero-order valence-electron chi connectivity index (χ0n) is 17.8. The van der Waals surface area contributed by atoms with Crippen LogP contribution >= 0.6 is 11.3 Å². The maximum atomic E-state index is 12.1. The highest BCUT2D eigenvalue weighted by atomic mass is 32.1. The van der Waals surface area contributed by atoms with Crippen LogP contribution in [0.5, 0.6) is 0 Å². The van der Waals surface area contributed by atoms with Crippen molar-refractivity contribution in [1.29, 1.82) is 0 Å². The maximum Gasteiger partial charge on any atom is 0.231 e. The van der Waals surface area contributed by atoms with Gasteiger partial charge in [-0.1, -0.05) is 24.3 Å². The maximum absolute atomic E-state index is 12.1. The molecule has 3 aromatic rings. The van der Waals surface area contributed by atoms with Crippen LogP contribution in [0.1, 0.15) is 54.9 Å². The third-order valence-electron chi connectivity index (χ3n) is 5.45. The van der Waals surface area contributed by atoms with Crippen molar-refractivity contribution in [1.82, 2.24) is 25.4 Å². The first-order valence-electron chi connectivity index (χ1n) is 10.7. The molecule has 2 amide bonds. The molecule has 4 rings (SSSR count). The molecule has 9 nitrogen and oxygen atoms in total. The molecule has 1 saturated carbocycles. The van der Waals surface area contributed by atoms with Gasteiger partial charge in [-0.3, -0.25) is 14.6 Å². The van der Waals surface area contributed by atoms with E-state index in [2.05, 4.69) is 36.0 Å². The van der Waals surface area contributed by atoms with E-state index in [1.165, 1.54) is 11.3 Å². The number of amides is 2. The SMILES string of the molecule is CCC(=O)Nc1nnc(C2CCC(Cc3ccc(NC(=O)Cc4ccccn4)nn3)C2)s1. The normalized spacial score (nSPS) is 17.8. The molecular formula is C22H25N7O2S. The number of anilines is 2. The standard InChI is InChI=1S/C22H25N7O2S/c1-2-19(30)25-22-29-28-21(32-22)15-7-6-14(11-15)12-17-8-9-18(27-26-17)24-20(31)13-16-5-3-4-10-23-16/h3-5,8-10,14-15H,2,6-7,11-13H2,1H3,(H,24,27,31)(H,25,29,30). The molecule has 3 aromatic heterocycles. The molecule has 2 unspecified atom stereocenters. The number of nitrogens with one attached hydrogen (secondary N) is 2. The van der Waals surface area contributed by atoms with Gasteiger partial charge in [0.2, 0.25) is 16.9 Å². The van der Waals surface area contributed by atoms with Gasteiger partial charge in [0.25, 0.3) is 0 Å². The van der Waals surface area contributed by atoms with Crippen LogP contribution in [-0.4, -0.2) is 37.2 Å². The van der Waals surface area contributed by atoms with E-state index in [9.17, 15) is 9.59 Å². The number of carbonyl (C=O) groups is 2. The Morgan fingerprint density at radius 1 is 1.00 bits per heavy atom. The third-order valence-corrected chi connectivity index (χ3v) is 6.45. The van der Waals surface area contributed by atoms with Gasteiger partial charge < -0.3 is 10.6 Å². The molecule has 2 atom stereocenters. The molecule has 3 heterocycles. The van der Waals surface area contributed by atoms with E-state index < -0.39 is 0 Å². The molecule has 0 bridgehead atoms. The molecule has 0 aliphatic heterocycles. The summed E-state index contributed by atoms with van der Waals surface area (Å²) in [6, 6.07) is 9.19. The minimum atomic E-state index is -0.170. The molecule has 10 heteroatoms. The average molecular weight is 452 g/mol. The van der Waals surface area contributed by atoms with Gasteiger partial charge in [-0.2, -0.15) is 5.10 Å². The average Bonchev–Trinajstić information content (AvgIpc) is 3.45. The Kier molecular flexibility index (Phi) is 7.10. The fourth-order valence-corrected chi connectivity index (χ4v) is 4.73. The van der Waals surface area contributed by atoms with Crippen molar-refractivity contribution in [2.75, 3.05) is 10.6 Å². The zero-order chi connectivity index (χ0) is 22.3. The monoisotopic (exact) mass is 451 g/mol. The van der Waals surface area contributed by atoms with Gasteiger partial charge in [0.1, 0.15) is 5.01 Å². The van der Waals surface area contributed by atoms with Crippen LogP contribution in [0.25, 0.3) is 0 Å². The van der Waals surface area contributed by atoms with Gasteiger partial charge in [0, 0.05) is 24.2 Å². The highest BCUT2D eigenvalue weighted by Gasteiger charge is 2.29. The van der Waals surface area contributed by atoms with Crippen LogP contribution in [0.2, 0.25) is 0 Å². The van der Waals surface area contributed by atoms with E-state index in [-0.39, 0.29) is 18.2 Å². The predicted octanol–water partition coefficient (Wildman–Crippen LogP) is 3.38. The summed E-state index contributed by atoms with van der Waals surface area (Å²) in [7, 11) is 0. The topological polar surface area (TPSA) is 123 Å². The van der Waals surface area contributed by atoms with Crippen LogP contribution < -0.4 is 10.6 Å². The first-order valence-corrected chi connectivity index (χ1v) is 11.6. The van der Waals surface area contributed by atoms with Crippen LogP contribution in [0.15, 0.2) is 36.5 Å². The molecule has 1 aliphatic carbocycles. The Labute approximate surface area is 190 Å². The molecular weight excluding hydrogens is 426 g/mol. The van der Waals surface area contributed by atoms with Crippen molar-refractivity contribution in [3.05, 3.63) is 52.9 Å². The van der Waals surface area contributed by atoms with Gasteiger partial charge in [-0.15, -0.1) is 15.3 Å². The van der Waals surface area contributed by atoms with E-state index in [1.54, 1.807) is 12.3 Å². The summed E-state index contributed by atoms with van der Waals surface area (Å²) >= 11 is 1.46. The van der Waals surface area contributed by atoms with Crippen molar-refractivity contribution in [3.8, 4) is 0 Å². The summed E-state index contributed by atoms with van der Waals surface area (Å²) in [5.41, 5.74) is 1.62. The number of hydrogen-bond donors (Lipinski definition) is 2. The Balaban J connectivity index is 1.26. The summed E-state index contributed by atoms with van der Waals surface area (Å²) in [6.07, 6.45) is 6.28. The van der Waals surface area contributed by atoms with Crippen molar-refractivity contribution in [3.63, 3.8) is 0 Å². The second-order valence-electron chi connectivity index (χ2n) is 7.88. The first-order chi connectivity index (χ1) is 15.6. The number of hydrogen-bond acceptors (Lipinski definition) is 8.